The van der Waals surface area contributed by atoms with E-state index < -0.39 is 0 Å². The van der Waals surface area contributed by atoms with Crippen molar-refractivity contribution in [3.63, 3.8) is 0 Å². The molecule has 0 aromatic carbocycles. The third-order valence-electron chi connectivity index (χ3n) is 2.23. The second-order valence-electron chi connectivity index (χ2n) is 3.35. The highest BCUT2D eigenvalue weighted by Gasteiger charge is 2.43. The largest absolute Gasteiger partial charge is 0.443 e. The SMILES string of the molecule is CC1(c2ncc(CO)o2)CC1. The topological polar surface area (TPSA) is 46.3 Å². The van der Waals surface area contributed by atoms with Gasteiger partial charge in [-0.25, -0.2) is 4.98 Å². The van der Waals surface area contributed by atoms with E-state index in [1.54, 1.807) is 6.20 Å². The molecule has 1 aliphatic carbocycles. The number of hydrogen-bond acceptors (Lipinski definition) is 3. The maximum Gasteiger partial charge on any atom is 0.200 e. The van der Waals surface area contributed by atoms with Crippen LogP contribution in [-0.4, -0.2) is 10.1 Å². The molecule has 3 nitrogen and oxygen atoms in total. The van der Waals surface area contributed by atoms with E-state index in [1.807, 2.05) is 0 Å². The summed E-state index contributed by atoms with van der Waals surface area (Å²) >= 11 is 0. The summed E-state index contributed by atoms with van der Waals surface area (Å²) in [6.45, 7) is 2.07. The minimum Gasteiger partial charge on any atom is -0.443 e. The zero-order valence-electron chi connectivity index (χ0n) is 6.50. The van der Waals surface area contributed by atoms with Crippen LogP contribution < -0.4 is 0 Å². The average molecular weight is 153 g/mol. The normalized spacial score (nSPS) is 20.2. The van der Waals surface area contributed by atoms with Crippen molar-refractivity contribution in [2.75, 3.05) is 0 Å². The number of nitrogens with zero attached hydrogens (tertiary/aromatic N) is 1. The van der Waals surface area contributed by atoms with Crippen LogP contribution in [0.3, 0.4) is 0 Å². The van der Waals surface area contributed by atoms with Crippen LogP contribution in [0.15, 0.2) is 10.6 Å². The van der Waals surface area contributed by atoms with Gasteiger partial charge in [0.05, 0.1) is 6.20 Å². The molecule has 1 saturated carbocycles. The first-order valence-corrected chi connectivity index (χ1v) is 3.81. The first-order chi connectivity index (χ1) is 5.24. The molecule has 1 heterocycles. The summed E-state index contributed by atoms with van der Waals surface area (Å²) < 4.78 is 5.30. The lowest BCUT2D eigenvalue weighted by Crippen LogP contribution is -1.98. The van der Waals surface area contributed by atoms with Gasteiger partial charge in [-0.15, -0.1) is 0 Å². The highest BCUT2D eigenvalue weighted by Crippen LogP contribution is 2.46. The Balaban J connectivity index is 2.25. The van der Waals surface area contributed by atoms with Crippen molar-refractivity contribution in [1.82, 2.24) is 4.98 Å². The summed E-state index contributed by atoms with van der Waals surface area (Å²) in [5.41, 5.74) is 0.174. The van der Waals surface area contributed by atoms with Crippen LogP contribution in [0.1, 0.15) is 31.4 Å². The second-order valence-corrected chi connectivity index (χ2v) is 3.35. The zero-order valence-corrected chi connectivity index (χ0v) is 6.50. The number of rotatable bonds is 2. The molecule has 2 rings (SSSR count). The van der Waals surface area contributed by atoms with Crippen molar-refractivity contribution in [3.05, 3.63) is 17.8 Å². The standard InChI is InChI=1S/C8H11NO2/c1-8(2-3-8)7-9-4-6(5-10)11-7/h4,10H,2-3,5H2,1H3. The molecule has 0 atom stereocenters. The van der Waals surface area contributed by atoms with E-state index in [9.17, 15) is 0 Å². The van der Waals surface area contributed by atoms with Crippen molar-refractivity contribution < 1.29 is 9.52 Å². The number of hydrogen-bond donors (Lipinski definition) is 1. The van der Waals surface area contributed by atoms with Gasteiger partial charge in [0.15, 0.2) is 5.89 Å². The van der Waals surface area contributed by atoms with Gasteiger partial charge in [0.2, 0.25) is 0 Å². The van der Waals surface area contributed by atoms with E-state index >= 15 is 0 Å². The fourth-order valence-corrected chi connectivity index (χ4v) is 1.06. The maximum absolute atomic E-state index is 8.70. The van der Waals surface area contributed by atoms with Crippen LogP contribution in [0.5, 0.6) is 0 Å². The Bertz CT molecular complexity index is 263. The van der Waals surface area contributed by atoms with Gasteiger partial charge < -0.3 is 9.52 Å². The molecule has 1 N–H and O–H groups in total. The number of oxazole rings is 1. The predicted octanol–water partition coefficient (Wildman–Crippen LogP) is 1.22. The minimum absolute atomic E-state index is 0.0525. The van der Waals surface area contributed by atoms with Gasteiger partial charge in [-0.05, 0) is 12.8 Å². The van der Waals surface area contributed by atoms with Gasteiger partial charge in [0.25, 0.3) is 0 Å². The Morgan fingerprint density at radius 2 is 2.45 bits per heavy atom. The lowest BCUT2D eigenvalue weighted by Gasteiger charge is -1.99. The summed E-state index contributed by atoms with van der Waals surface area (Å²) in [7, 11) is 0. The monoisotopic (exact) mass is 153 g/mol. The highest BCUT2D eigenvalue weighted by atomic mass is 16.4. The van der Waals surface area contributed by atoms with Gasteiger partial charge >= 0.3 is 0 Å². The number of aliphatic hydroxyl groups excluding tert-OH is 1. The summed E-state index contributed by atoms with van der Waals surface area (Å²) in [6, 6.07) is 0. The van der Waals surface area contributed by atoms with Gasteiger partial charge in [-0.1, -0.05) is 6.92 Å². The van der Waals surface area contributed by atoms with Crippen molar-refractivity contribution >= 4 is 0 Å². The molecular weight excluding hydrogens is 142 g/mol. The molecule has 1 aromatic heterocycles. The Labute approximate surface area is 65.1 Å². The van der Waals surface area contributed by atoms with Gasteiger partial charge in [-0.3, -0.25) is 0 Å². The lowest BCUT2D eigenvalue weighted by atomic mass is 10.1. The summed E-state index contributed by atoms with van der Waals surface area (Å²) in [5.74, 6) is 1.34. The first kappa shape index (κ1) is 6.85. The summed E-state index contributed by atoms with van der Waals surface area (Å²) in [6.07, 6.45) is 3.90. The van der Waals surface area contributed by atoms with Gasteiger partial charge in [-0.2, -0.15) is 0 Å². The molecule has 60 valence electrons. The van der Waals surface area contributed by atoms with Crippen molar-refractivity contribution in [2.24, 2.45) is 0 Å². The first-order valence-electron chi connectivity index (χ1n) is 3.81. The Hall–Kier alpha value is -0.830. The van der Waals surface area contributed by atoms with Crippen LogP contribution in [0, 0.1) is 0 Å². The Morgan fingerprint density at radius 3 is 2.91 bits per heavy atom. The van der Waals surface area contributed by atoms with Crippen molar-refractivity contribution in [1.29, 1.82) is 0 Å². The van der Waals surface area contributed by atoms with Gasteiger partial charge in [0, 0.05) is 5.41 Å². The predicted molar refractivity (Wildman–Crippen MR) is 39.0 cm³/mol. The van der Waals surface area contributed by atoms with Crippen molar-refractivity contribution in [2.45, 2.75) is 31.8 Å². The molecule has 0 radical (unpaired) electrons. The van der Waals surface area contributed by atoms with Crippen LogP contribution in [0.25, 0.3) is 0 Å². The van der Waals surface area contributed by atoms with Crippen LogP contribution in [0.4, 0.5) is 0 Å². The third-order valence-corrected chi connectivity index (χ3v) is 2.23. The maximum atomic E-state index is 8.70. The van der Waals surface area contributed by atoms with Gasteiger partial charge in [0.1, 0.15) is 12.4 Å². The second kappa shape index (κ2) is 2.08. The van der Waals surface area contributed by atoms with Crippen molar-refractivity contribution in [3.8, 4) is 0 Å². The quantitative estimate of drug-likeness (QED) is 0.694. The van der Waals surface area contributed by atoms with E-state index in [2.05, 4.69) is 11.9 Å². The van der Waals surface area contributed by atoms with E-state index in [1.165, 1.54) is 0 Å². The molecule has 0 unspecified atom stereocenters. The molecule has 0 spiro atoms. The fraction of sp³-hybridized carbons (Fsp3) is 0.625. The minimum atomic E-state index is -0.0525. The van der Waals surface area contributed by atoms with Crippen LogP contribution >= 0.6 is 0 Å². The van der Waals surface area contributed by atoms with E-state index in [0.29, 0.717) is 5.76 Å². The molecule has 0 bridgehead atoms. The molecule has 1 fully saturated rings. The molecule has 0 saturated heterocycles. The molecule has 3 heteroatoms. The average Bonchev–Trinajstić information content (AvgIpc) is 2.61. The third kappa shape index (κ3) is 1.05. The fourth-order valence-electron chi connectivity index (χ4n) is 1.06. The molecular formula is C8H11NO2. The molecule has 1 aliphatic rings. The zero-order chi connectivity index (χ0) is 7.90. The highest BCUT2D eigenvalue weighted by molar-refractivity contribution is 5.13. The van der Waals surface area contributed by atoms with E-state index in [4.69, 9.17) is 9.52 Å². The molecule has 1 aromatic rings. The molecule has 0 aliphatic heterocycles. The van der Waals surface area contributed by atoms with E-state index in [-0.39, 0.29) is 12.0 Å². The number of aliphatic hydroxyl groups is 1. The number of aromatic nitrogens is 1. The molecule has 11 heavy (non-hydrogen) atoms. The summed E-state index contributed by atoms with van der Waals surface area (Å²) in [4.78, 5) is 4.09. The van der Waals surface area contributed by atoms with Crippen LogP contribution in [0.2, 0.25) is 0 Å². The lowest BCUT2D eigenvalue weighted by molar-refractivity contribution is 0.240. The summed E-state index contributed by atoms with van der Waals surface area (Å²) in [5, 5.41) is 8.70. The molecule has 0 amide bonds. The Kier molecular flexibility index (Phi) is 1.29. The Morgan fingerprint density at radius 1 is 1.73 bits per heavy atom. The smallest absolute Gasteiger partial charge is 0.200 e. The van der Waals surface area contributed by atoms with Crippen LogP contribution in [-0.2, 0) is 12.0 Å². The van der Waals surface area contributed by atoms with E-state index in [0.717, 1.165) is 18.7 Å².